The van der Waals surface area contributed by atoms with Crippen LogP contribution in [0.2, 0.25) is 5.02 Å². The molecule has 1 aliphatic heterocycles. The topological polar surface area (TPSA) is 60.2 Å². The van der Waals surface area contributed by atoms with Crippen molar-refractivity contribution in [1.82, 2.24) is 0 Å². The van der Waals surface area contributed by atoms with Crippen LogP contribution in [0.4, 0.5) is 0 Å². The van der Waals surface area contributed by atoms with Gasteiger partial charge in [0.2, 0.25) is 0 Å². The van der Waals surface area contributed by atoms with Gasteiger partial charge in [-0.05, 0) is 18.1 Å². The molecule has 2 N–H and O–H groups in total. The minimum absolute atomic E-state index is 0.0530. The highest BCUT2D eigenvalue weighted by molar-refractivity contribution is 7.91. The van der Waals surface area contributed by atoms with Gasteiger partial charge in [0.25, 0.3) is 0 Å². The van der Waals surface area contributed by atoms with Crippen molar-refractivity contribution in [1.29, 1.82) is 0 Å². The summed E-state index contributed by atoms with van der Waals surface area (Å²) >= 11 is 6.09. The Kier molecular flexibility index (Phi) is 3.24. The van der Waals surface area contributed by atoms with Crippen molar-refractivity contribution in [3.05, 3.63) is 34.9 Å². The average Bonchev–Trinajstić information content (AvgIpc) is 2.18. The second-order valence-corrected chi connectivity index (χ2v) is 6.83. The van der Waals surface area contributed by atoms with E-state index in [1.807, 2.05) is 24.3 Å². The second kappa shape index (κ2) is 4.35. The molecule has 0 aromatic heterocycles. The summed E-state index contributed by atoms with van der Waals surface area (Å²) in [7, 11) is -2.95. The van der Waals surface area contributed by atoms with Crippen LogP contribution in [-0.2, 0) is 9.84 Å². The number of hydrogen-bond donors (Lipinski definition) is 1. The predicted octanol–water partition coefficient (Wildman–Crippen LogP) is 1.57. The smallest absolute Gasteiger partial charge is 0.151 e. The molecule has 2 unspecified atom stereocenters. The van der Waals surface area contributed by atoms with Gasteiger partial charge in [0, 0.05) is 17.0 Å². The highest BCUT2D eigenvalue weighted by Crippen LogP contribution is 2.32. The van der Waals surface area contributed by atoms with Gasteiger partial charge in [-0.1, -0.05) is 29.8 Å². The van der Waals surface area contributed by atoms with E-state index in [4.69, 9.17) is 17.3 Å². The molecule has 0 saturated carbocycles. The maximum Gasteiger partial charge on any atom is 0.151 e. The zero-order chi connectivity index (χ0) is 11.8. The Morgan fingerprint density at radius 2 is 2.00 bits per heavy atom. The molecule has 88 valence electrons. The molecule has 2 atom stereocenters. The van der Waals surface area contributed by atoms with E-state index >= 15 is 0 Å². The molecule has 2 rings (SSSR count). The maximum atomic E-state index is 11.4. The van der Waals surface area contributed by atoms with Crippen molar-refractivity contribution in [2.45, 2.75) is 18.4 Å². The van der Waals surface area contributed by atoms with Crippen molar-refractivity contribution >= 4 is 21.4 Å². The number of hydrogen-bond acceptors (Lipinski definition) is 3. The second-order valence-electron chi connectivity index (χ2n) is 4.19. The lowest BCUT2D eigenvalue weighted by Crippen LogP contribution is -2.41. The summed E-state index contributed by atoms with van der Waals surface area (Å²) in [5.41, 5.74) is 6.88. The normalized spacial score (nSPS) is 28.9. The van der Waals surface area contributed by atoms with E-state index < -0.39 is 9.84 Å². The minimum Gasteiger partial charge on any atom is -0.326 e. The third-order valence-electron chi connectivity index (χ3n) is 3.01. The lowest BCUT2D eigenvalue weighted by atomic mass is 9.90. The molecule has 0 bridgehead atoms. The number of benzene rings is 1. The van der Waals surface area contributed by atoms with E-state index in [-0.39, 0.29) is 23.5 Å². The zero-order valence-corrected chi connectivity index (χ0v) is 10.3. The molecule has 5 heteroatoms. The van der Waals surface area contributed by atoms with Gasteiger partial charge in [0.1, 0.15) is 0 Å². The lowest BCUT2D eigenvalue weighted by Gasteiger charge is -2.29. The third kappa shape index (κ3) is 2.39. The van der Waals surface area contributed by atoms with E-state index in [0.29, 0.717) is 11.4 Å². The van der Waals surface area contributed by atoms with Crippen LogP contribution in [0.15, 0.2) is 24.3 Å². The minimum atomic E-state index is -2.95. The van der Waals surface area contributed by atoms with Gasteiger partial charge in [-0.3, -0.25) is 0 Å². The Morgan fingerprint density at radius 3 is 2.62 bits per heavy atom. The van der Waals surface area contributed by atoms with Crippen molar-refractivity contribution in [2.75, 3.05) is 11.5 Å². The first-order valence-electron chi connectivity index (χ1n) is 5.20. The summed E-state index contributed by atoms with van der Waals surface area (Å²) in [6.45, 7) is 0. The number of nitrogens with two attached hydrogens (primary N) is 1. The standard InChI is InChI=1S/C11H14ClNO2S/c12-10-4-2-1-3-8(10)9-5-6-16(14,15)7-11(9)13/h1-4,9,11H,5-7,13H2. The van der Waals surface area contributed by atoms with E-state index in [1.54, 1.807) is 0 Å². The highest BCUT2D eigenvalue weighted by atomic mass is 35.5. The fourth-order valence-electron chi connectivity index (χ4n) is 2.18. The molecule has 16 heavy (non-hydrogen) atoms. The Hall–Kier alpha value is -0.580. The summed E-state index contributed by atoms with van der Waals surface area (Å²) in [4.78, 5) is 0. The zero-order valence-electron chi connectivity index (χ0n) is 8.77. The van der Waals surface area contributed by atoms with Crippen LogP contribution in [0.3, 0.4) is 0 Å². The fourth-order valence-corrected chi connectivity index (χ4v) is 4.05. The van der Waals surface area contributed by atoms with Gasteiger partial charge in [-0.15, -0.1) is 0 Å². The molecule has 1 aromatic carbocycles. The molecule has 0 spiro atoms. The van der Waals surface area contributed by atoms with Crippen molar-refractivity contribution in [3.63, 3.8) is 0 Å². The average molecular weight is 260 g/mol. The summed E-state index contributed by atoms with van der Waals surface area (Å²) in [5.74, 6) is 0.316. The van der Waals surface area contributed by atoms with E-state index in [1.165, 1.54) is 0 Å². The summed E-state index contributed by atoms with van der Waals surface area (Å²) < 4.78 is 22.8. The molecule has 3 nitrogen and oxygen atoms in total. The quantitative estimate of drug-likeness (QED) is 0.833. The van der Waals surface area contributed by atoms with Crippen LogP contribution in [0.1, 0.15) is 17.9 Å². The van der Waals surface area contributed by atoms with Crippen molar-refractivity contribution < 1.29 is 8.42 Å². The van der Waals surface area contributed by atoms with Crippen LogP contribution >= 0.6 is 11.6 Å². The van der Waals surface area contributed by atoms with Crippen LogP contribution in [0.5, 0.6) is 0 Å². The largest absolute Gasteiger partial charge is 0.326 e. The van der Waals surface area contributed by atoms with E-state index in [0.717, 1.165) is 5.56 Å². The molecule has 1 aliphatic rings. The molecule has 1 heterocycles. The first-order chi connectivity index (χ1) is 7.49. The van der Waals surface area contributed by atoms with Gasteiger partial charge >= 0.3 is 0 Å². The van der Waals surface area contributed by atoms with Gasteiger partial charge < -0.3 is 5.73 Å². The Morgan fingerprint density at radius 1 is 1.31 bits per heavy atom. The van der Waals surface area contributed by atoms with Crippen LogP contribution in [-0.4, -0.2) is 26.0 Å². The molecule has 0 radical (unpaired) electrons. The van der Waals surface area contributed by atoms with Crippen molar-refractivity contribution in [2.24, 2.45) is 5.73 Å². The molecule has 0 aliphatic carbocycles. The molecule has 1 saturated heterocycles. The van der Waals surface area contributed by atoms with Crippen LogP contribution in [0.25, 0.3) is 0 Å². The number of halogens is 1. The molecule has 0 amide bonds. The van der Waals surface area contributed by atoms with Crippen molar-refractivity contribution in [3.8, 4) is 0 Å². The first-order valence-corrected chi connectivity index (χ1v) is 7.40. The molecular weight excluding hydrogens is 246 g/mol. The summed E-state index contributed by atoms with van der Waals surface area (Å²) in [5, 5.41) is 0.669. The van der Waals surface area contributed by atoms with Gasteiger partial charge in [-0.25, -0.2) is 8.42 Å². The highest BCUT2D eigenvalue weighted by Gasteiger charge is 2.32. The van der Waals surface area contributed by atoms with Crippen LogP contribution in [0, 0.1) is 0 Å². The molecular formula is C11H14ClNO2S. The Balaban J connectivity index is 2.27. The third-order valence-corrected chi connectivity index (χ3v) is 5.10. The number of sulfone groups is 1. The SMILES string of the molecule is NC1CS(=O)(=O)CCC1c1ccccc1Cl. The maximum absolute atomic E-state index is 11.4. The fraction of sp³-hybridized carbons (Fsp3) is 0.455. The summed E-state index contributed by atoms with van der Waals surface area (Å²) in [6.07, 6.45) is 0.563. The Labute approximate surface area is 101 Å². The van der Waals surface area contributed by atoms with Gasteiger partial charge in [0.05, 0.1) is 11.5 Å². The molecule has 1 fully saturated rings. The molecule has 1 aromatic rings. The van der Waals surface area contributed by atoms with Gasteiger partial charge in [-0.2, -0.15) is 0 Å². The Bertz CT molecular complexity index is 487. The van der Waals surface area contributed by atoms with E-state index in [9.17, 15) is 8.42 Å². The monoisotopic (exact) mass is 259 g/mol. The van der Waals surface area contributed by atoms with E-state index in [2.05, 4.69) is 0 Å². The summed E-state index contributed by atoms with van der Waals surface area (Å²) in [6, 6.07) is 7.14. The van der Waals surface area contributed by atoms with Crippen LogP contribution < -0.4 is 5.73 Å². The van der Waals surface area contributed by atoms with Gasteiger partial charge in [0.15, 0.2) is 9.84 Å². The first kappa shape index (κ1) is 11.9. The lowest BCUT2D eigenvalue weighted by molar-refractivity contribution is 0.505. The predicted molar refractivity (Wildman–Crippen MR) is 65.4 cm³/mol. The number of rotatable bonds is 1.